The number of ketones is 1. The molecule has 0 amide bonds. The first-order valence-electron chi connectivity index (χ1n) is 4.81. The summed E-state index contributed by atoms with van der Waals surface area (Å²) in [7, 11) is 0. The van der Waals surface area contributed by atoms with E-state index in [-0.39, 0.29) is 12.4 Å². The minimum absolute atomic E-state index is 0.0195. The number of carbonyl (C=O) groups is 1. The summed E-state index contributed by atoms with van der Waals surface area (Å²) < 4.78 is 18.4. The molecule has 0 bridgehead atoms. The van der Waals surface area contributed by atoms with Gasteiger partial charge in [-0.2, -0.15) is 0 Å². The highest BCUT2D eigenvalue weighted by atomic mass is 19.1. The van der Waals surface area contributed by atoms with Crippen LogP contribution in [-0.2, 0) is 0 Å². The van der Waals surface area contributed by atoms with Crippen LogP contribution in [-0.4, -0.2) is 18.1 Å². The van der Waals surface area contributed by atoms with Crippen molar-refractivity contribution in [2.24, 2.45) is 0 Å². The molecule has 0 N–H and O–H groups in total. The van der Waals surface area contributed by atoms with Crippen molar-refractivity contribution in [1.29, 1.82) is 0 Å². The van der Waals surface area contributed by atoms with Crippen molar-refractivity contribution in [3.05, 3.63) is 29.8 Å². The van der Waals surface area contributed by atoms with Gasteiger partial charge in [0, 0.05) is 5.56 Å². The summed E-state index contributed by atoms with van der Waals surface area (Å²) in [4.78, 5) is 11.1. The number of hydrogen-bond donors (Lipinski definition) is 0. The van der Waals surface area contributed by atoms with Crippen LogP contribution in [0.25, 0.3) is 0 Å². The van der Waals surface area contributed by atoms with Gasteiger partial charge >= 0.3 is 0 Å². The molecule has 0 aliphatic carbocycles. The Kier molecular flexibility index (Phi) is 3.45. The smallest absolute Gasteiger partial charge is 0.159 e. The molecule has 0 aliphatic rings. The quantitative estimate of drug-likeness (QED) is 0.714. The maximum Gasteiger partial charge on any atom is 0.159 e. The highest BCUT2D eigenvalue weighted by molar-refractivity contribution is 5.94. The van der Waals surface area contributed by atoms with Gasteiger partial charge in [-0.15, -0.1) is 0 Å². The molecule has 0 aliphatic heterocycles. The predicted molar refractivity (Wildman–Crippen MR) is 57.1 cm³/mol. The average molecular weight is 210 g/mol. The minimum atomic E-state index is -1.37. The molecule has 0 saturated carbocycles. The lowest BCUT2D eigenvalue weighted by Crippen LogP contribution is -2.22. The van der Waals surface area contributed by atoms with Crippen LogP contribution in [0.4, 0.5) is 4.39 Å². The van der Waals surface area contributed by atoms with Crippen molar-refractivity contribution in [1.82, 2.24) is 0 Å². The summed E-state index contributed by atoms with van der Waals surface area (Å²) in [5.74, 6) is 0.494. The van der Waals surface area contributed by atoms with E-state index in [4.69, 9.17) is 4.74 Å². The minimum Gasteiger partial charge on any atom is -0.490 e. The molecule has 1 aromatic carbocycles. The van der Waals surface area contributed by atoms with Crippen LogP contribution in [0.2, 0.25) is 0 Å². The first-order chi connectivity index (χ1) is 6.88. The second kappa shape index (κ2) is 4.43. The number of hydrogen-bond acceptors (Lipinski definition) is 2. The van der Waals surface area contributed by atoms with Crippen molar-refractivity contribution in [2.45, 2.75) is 26.4 Å². The van der Waals surface area contributed by atoms with Gasteiger partial charge in [0.1, 0.15) is 18.0 Å². The molecule has 1 rings (SSSR count). The maximum atomic E-state index is 13.1. The van der Waals surface area contributed by atoms with Crippen LogP contribution in [0.1, 0.15) is 31.1 Å². The Labute approximate surface area is 89.1 Å². The van der Waals surface area contributed by atoms with Crippen LogP contribution < -0.4 is 4.74 Å². The highest BCUT2D eigenvalue weighted by Gasteiger charge is 2.16. The molecule has 0 atom stereocenters. The highest BCUT2D eigenvalue weighted by Crippen LogP contribution is 2.16. The van der Waals surface area contributed by atoms with E-state index in [1.54, 1.807) is 24.3 Å². The summed E-state index contributed by atoms with van der Waals surface area (Å²) >= 11 is 0. The summed E-state index contributed by atoms with van der Waals surface area (Å²) in [6.45, 7) is 4.36. The predicted octanol–water partition coefficient (Wildman–Crippen LogP) is 3.02. The van der Waals surface area contributed by atoms with Gasteiger partial charge < -0.3 is 4.74 Å². The van der Waals surface area contributed by atoms with Crippen molar-refractivity contribution < 1.29 is 13.9 Å². The monoisotopic (exact) mass is 210 g/mol. The maximum absolute atomic E-state index is 13.1. The largest absolute Gasteiger partial charge is 0.490 e. The number of alkyl halides is 1. The Morgan fingerprint density at radius 2 is 2.13 bits per heavy atom. The summed E-state index contributed by atoms with van der Waals surface area (Å²) in [6, 6.07) is 6.75. The number of ether oxygens (including phenoxy) is 1. The molecule has 0 heterocycles. The first-order valence-corrected chi connectivity index (χ1v) is 4.81. The van der Waals surface area contributed by atoms with Crippen molar-refractivity contribution in [2.75, 3.05) is 6.61 Å². The first kappa shape index (κ1) is 11.7. The summed E-state index contributed by atoms with van der Waals surface area (Å²) in [5, 5.41) is 0. The molecule has 0 spiro atoms. The van der Waals surface area contributed by atoms with Crippen LogP contribution in [0.3, 0.4) is 0 Å². The topological polar surface area (TPSA) is 26.3 Å². The molecule has 82 valence electrons. The fourth-order valence-electron chi connectivity index (χ4n) is 1.06. The average Bonchev–Trinajstić information content (AvgIpc) is 2.14. The van der Waals surface area contributed by atoms with E-state index < -0.39 is 5.67 Å². The Morgan fingerprint density at radius 3 is 2.67 bits per heavy atom. The lowest BCUT2D eigenvalue weighted by molar-refractivity contribution is 0.101. The van der Waals surface area contributed by atoms with Crippen LogP contribution in [0, 0.1) is 0 Å². The summed E-state index contributed by atoms with van der Waals surface area (Å²) in [5.41, 5.74) is -0.796. The Balaban J connectivity index is 2.70. The van der Waals surface area contributed by atoms with E-state index >= 15 is 0 Å². The van der Waals surface area contributed by atoms with E-state index in [1.165, 1.54) is 20.8 Å². The SMILES string of the molecule is CC(=O)c1cccc(OCC(C)(C)F)c1. The fourth-order valence-corrected chi connectivity index (χ4v) is 1.06. The second-order valence-corrected chi connectivity index (χ2v) is 4.09. The lowest BCUT2D eigenvalue weighted by atomic mass is 10.1. The van der Waals surface area contributed by atoms with Crippen molar-refractivity contribution in [3.63, 3.8) is 0 Å². The van der Waals surface area contributed by atoms with E-state index in [1.807, 2.05) is 0 Å². The fraction of sp³-hybridized carbons (Fsp3) is 0.417. The van der Waals surface area contributed by atoms with Gasteiger partial charge in [-0.3, -0.25) is 4.79 Å². The van der Waals surface area contributed by atoms with Crippen molar-refractivity contribution in [3.8, 4) is 5.75 Å². The van der Waals surface area contributed by atoms with Crippen LogP contribution in [0.5, 0.6) is 5.75 Å². The zero-order chi connectivity index (χ0) is 11.5. The molecular weight excluding hydrogens is 195 g/mol. The molecule has 0 unspecified atom stereocenters. The third-order valence-electron chi connectivity index (χ3n) is 1.82. The number of Topliss-reactive ketones (excluding diaryl/α,β-unsaturated/α-hetero) is 1. The van der Waals surface area contributed by atoms with Gasteiger partial charge in [0.05, 0.1) is 0 Å². The molecule has 3 heteroatoms. The van der Waals surface area contributed by atoms with Crippen molar-refractivity contribution >= 4 is 5.78 Å². The normalized spacial score (nSPS) is 11.2. The molecule has 0 saturated heterocycles. The third kappa shape index (κ3) is 4.11. The standard InChI is InChI=1S/C12H15FO2/c1-9(14)10-5-4-6-11(7-10)15-8-12(2,3)13/h4-7H,8H2,1-3H3. The van der Waals surface area contributed by atoms with E-state index in [9.17, 15) is 9.18 Å². The number of benzene rings is 1. The lowest BCUT2D eigenvalue weighted by Gasteiger charge is -2.15. The summed E-state index contributed by atoms with van der Waals surface area (Å²) in [6.07, 6.45) is 0. The van der Waals surface area contributed by atoms with E-state index in [0.29, 0.717) is 11.3 Å². The van der Waals surface area contributed by atoms with Crippen LogP contribution in [0.15, 0.2) is 24.3 Å². The molecule has 0 aromatic heterocycles. The van der Waals surface area contributed by atoms with E-state index in [2.05, 4.69) is 0 Å². The Morgan fingerprint density at radius 1 is 1.47 bits per heavy atom. The molecule has 15 heavy (non-hydrogen) atoms. The van der Waals surface area contributed by atoms with Crippen LogP contribution >= 0.6 is 0 Å². The Bertz CT molecular complexity index is 353. The number of carbonyl (C=O) groups excluding carboxylic acids is 1. The van der Waals surface area contributed by atoms with E-state index in [0.717, 1.165) is 0 Å². The molecule has 1 aromatic rings. The number of halogens is 1. The van der Waals surface area contributed by atoms with Gasteiger partial charge in [0.15, 0.2) is 5.78 Å². The third-order valence-corrected chi connectivity index (χ3v) is 1.82. The molecule has 0 radical (unpaired) electrons. The van der Waals surface area contributed by atoms with Gasteiger partial charge in [-0.1, -0.05) is 12.1 Å². The van der Waals surface area contributed by atoms with Gasteiger partial charge in [-0.25, -0.2) is 4.39 Å². The Hall–Kier alpha value is -1.38. The van der Waals surface area contributed by atoms with Gasteiger partial charge in [0.2, 0.25) is 0 Å². The second-order valence-electron chi connectivity index (χ2n) is 4.09. The molecule has 0 fully saturated rings. The van der Waals surface area contributed by atoms with Gasteiger partial charge in [0.25, 0.3) is 0 Å². The molecule has 2 nitrogen and oxygen atoms in total. The zero-order valence-electron chi connectivity index (χ0n) is 9.21. The number of rotatable bonds is 4. The van der Waals surface area contributed by atoms with Gasteiger partial charge in [-0.05, 0) is 32.9 Å². The molecular formula is C12H15FO2. The zero-order valence-corrected chi connectivity index (χ0v) is 9.21.